The van der Waals surface area contributed by atoms with Gasteiger partial charge in [-0.1, -0.05) is 35.9 Å². The highest BCUT2D eigenvalue weighted by Crippen LogP contribution is 2.23. The van der Waals surface area contributed by atoms with E-state index in [0.29, 0.717) is 18.2 Å². The second kappa shape index (κ2) is 7.17. The van der Waals surface area contributed by atoms with Crippen molar-refractivity contribution in [2.75, 3.05) is 18.5 Å². The summed E-state index contributed by atoms with van der Waals surface area (Å²) >= 11 is 6.06. The Morgan fingerprint density at radius 1 is 1.20 bits per heavy atom. The lowest BCUT2D eigenvalue weighted by atomic mass is 10.1. The van der Waals surface area contributed by atoms with Gasteiger partial charge in [0.05, 0.1) is 12.7 Å². The van der Waals surface area contributed by atoms with Crippen molar-refractivity contribution in [2.24, 2.45) is 0 Å². The Morgan fingerprint density at radius 2 is 2.00 bits per heavy atom. The molecule has 0 spiro atoms. The van der Waals surface area contributed by atoms with Gasteiger partial charge in [-0.15, -0.1) is 0 Å². The molecule has 1 unspecified atom stereocenters. The van der Waals surface area contributed by atoms with E-state index < -0.39 is 6.10 Å². The number of nitrogens with one attached hydrogen (secondary N) is 1. The van der Waals surface area contributed by atoms with Crippen molar-refractivity contribution in [3.63, 3.8) is 0 Å². The van der Waals surface area contributed by atoms with Crippen molar-refractivity contribution in [3.8, 4) is 5.75 Å². The topological polar surface area (TPSA) is 41.5 Å². The van der Waals surface area contributed by atoms with Gasteiger partial charge in [-0.2, -0.15) is 0 Å². The van der Waals surface area contributed by atoms with Crippen LogP contribution in [0.15, 0.2) is 48.5 Å². The number of aliphatic hydroxyl groups is 1. The van der Waals surface area contributed by atoms with Crippen molar-refractivity contribution in [1.82, 2.24) is 0 Å². The van der Waals surface area contributed by atoms with Gasteiger partial charge < -0.3 is 15.2 Å². The maximum atomic E-state index is 10.2. The van der Waals surface area contributed by atoms with Gasteiger partial charge in [-0.05, 0) is 25.1 Å². The molecular formula is C16H18ClNO2. The Balaban J connectivity index is 1.98. The van der Waals surface area contributed by atoms with E-state index in [1.54, 1.807) is 6.07 Å². The molecule has 0 aromatic heterocycles. The van der Waals surface area contributed by atoms with Crippen LogP contribution < -0.4 is 10.1 Å². The zero-order valence-corrected chi connectivity index (χ0v) is 12.1. The molecule has 3 nitrogen and oxygen atoms in total. The van der Waals surface area contributed by atoms with Gasteiger partial charge in [-0.3, -0.25) is 0 Å². The lowest BCUT2D eigenvalue weighted by Crippen LogP contribution is -2.12. The van der Waals surface area contributed by atoms with E-state index in [2.05, 4.69) is 5.32 Å². The fraction of sp³-hybridized carbons (Fsp3) is 0.250. The maximum Gasteiger partial charge on any atom is 0.121 e. The zero-order valence-electron chi connectivity index (χ0n) is 11.3. The fourth-order valence-electron chi connectivity index (χ4n) is 1.93. The predicted molar refractivity (Wildman–Crippen MR) is 82.5 cm³/mol. The standard InChI is InChI=1S/C16H18ClNO2/c1-2-20-13-7-5-6-12(10-13)18-11-16(19)14-8-3-4-9-15(14)17/h3-10,16,18-19H,2,11H2,1H3. The molecule has 0 aliphatic rings. The molecule has 0 radical (unpaired) electrons. The molecule has 0 saturated heterocycles. The lowest BCUT2D eigenvalue weighted by Gasteiger charge is -2.15. The minimum Gasteiger partial charge on any atom is -0.494 e. The number of aliphatic hydroxyl groups excluding tert-OH is 1. The van der Waals surface area contributed by atoms with Gasteiger partial charge in [0.2, 0.25) is 0 Å². The first-order valence-electron chi connectivity index (χ1n) is 6.60. The monoisotopic (exact) mass is 291 g/mol. The first kappa shape index (κ1) is 14.7. The molecule has 20 heavy (non-hydrogen) atoms. The molecule has 0 fully saturated rings. The number of benzene rings is 2. The van der Waals surface area contributed by atoms with Crippen LogP contribution in [-0.2, 0) is 0 Å². The maximum absolute atomic E-state index is 10.2. The van der Waals surface area contributed by atoms with Crippen molar-refractivity contribution in [2.45, 2.75) is 13.0 Å². The summed E-state index contributed by atoms with van der Waals surface area (Å²) in [6, 6.07) is 15.0. The molecular weight excluding hydrogens is 274 g/mol. The van der Waals surface area contributed by atoms with Crippen LogP contribution in [0.1, 0.15) is 18.6 Å². The van der Waals surface area contributed by atoms with Crippen molar-refractivity contribution >= 4 is 17.3 Å². The number of ether oxygens (including phenoxy) is 1. The Morgan fingerprint density at radius 3 is 2.75 bits per heavy atom. The highest BCUT2D eigenvalue weighted by molar-refractivity contribution is 6.31. The highest BCUT2D eigenvalue weighted by atomic mass is 35.5. The summed E-state index contributed by atoms with van der Waals surface area (Å²) in [4.78, 5) is 0. The van der Waals surface area contributed by atoms with Crippen molar-refractivity contribution in [1.29, 1.82) is 0 Å². The minimum atomic E-state index is -0.653. The van der Waals surface area contributed by atoms with E-state index in [-0.39, 0.29) is 0 Å². The summed E-state index contributed by atoms with van der Waals surface area (Å²) in [5.41, 5.74) is 1.63. The average molecular weight is 292 g/mol. The Hall–Kier alpha value is -1.71. The molecule has 0 aliphatic carbocycles. The van der Waals surface area contributed by atoms with Crippen LogP contribution in [-0.4, -0.2) is 18.3 Å². The lowest BCUT2D eigenvalue weighted by molar-refractivity contribution is 0.191. The summed E-state index contributed by atoms with van der Waals surface area (Å²) in [6.45, 7) is 2.96. The molecule has 2 rings (SSSR count). The van der Waals surface area contributed by atoms with Crippen LogP contribution in [0.5, 0.6) is 5.75 Å². The van der Waals surface area contributed by atoms with E-state index in [0.717, 1.165) is 17.0 Å². The van der Waals surface area contributed by atoms with Gasteiger partial charge >= 0.3 is 0 Å². The third-order valence-corrected chi connectivity index (χ3v) is 3.25. The SMILES string of the molecule is CCOc1cccc(NCC(O)c2ccccc2Cl)c1. The Labute approximate surface area is 124 Å². The number of halogens is 1. The molecule has 0 saturated carbocycles. The van der Waals surface area contributed by atoms with Gasteiger partial charge in [0, 0.05) is 28.9 Å². The van der Waals surface area contributed by atoms with Crippen LogP contribution >= 0.6 is 11.6 Å². The summed E-state index contributed by atoms with van der Waals surface area (Å²) in [6.07, 6.45) is -0.653. The number of rotatable bonds is 6. The number of hydrogen-bond acceptors (Lipinski definition) is 3. The molecule has 2 N–H and O–H groups in total. The summed E-state index contributed by atoms with van der Waals surface area (Å²) in [7, 11) is 0. The predicted octanol–water partition coefficient (Wildman–Crippen LogP) is 3.88. The van der Waals surface area contributed by atoms with Crippen LogP contribution in [0.4, 0.5) is 5.69 Å². The summed E-state index contributed by atoms with van der Waals surface area (Å²) < 4.78 is 5.43. The average Bonchev–Trinajstić information content (AvgIpc) is 2.46. The third kappa shape index (κ3) is 3.89. The van der Waals surface area contributed by atoms with Crippen LogP contribution in [0.2, 0.25) is 5.02 Å². The largest absolute Gasteiger partial charge is 0.494 e. The minimum absolute atomic E-state index is 0.388. The molecule has 0 heterocycles. The van der Waals surface area contributed by atoms with E-state index in [4.69, 9.17) is 16.3 Å². The third-order valence-electron chi connectivity index (χ3n) is 2.91. The summed E-state index contributed by atoms with van der Waals surface area (Å²) in [5, 5.41) is 13.9. The van der Waals surface area contributed by atoms with E-state index in [1.807, 2.05) is 49.4 Å². The molecule has 0 amide bonds. The van der Waals surface area contributed by atoms with Gasteiger partial charge in [0.25, 0.3) is 0 Å². The van der Waals surface area contributed by atoms with E-state index in [1.165, 1.54) is 0 Å². The van der Waals surface area contributed by atoms with Crippen LogP contribution in [0, 0.1) is 0 Å². The number of hydrogen-bond donors (Lipinski definition) is 2. The molecule has 4 heteroatoms. The van der Waals surface area contributed by atoms with Gasteiger partial charge in [0.15, 0.2) is 0 Å². The molecule has 0 aliphatic heterocycles. The molecule has 1 atom stereocenters. The van der Waals surface area contributed by atoms with Crippen molar-refractivity contribution in [3.05, 3.63) is 59.1 Å². The first-order valence-corrected chi connectivity index (χ1v) is 6.97. The second-order valence-corrected chi connectivity index (χ2v) is 4.79. The normalized spacial score (nSPS) is 11.9. The van der Waals surface area contributed by atoms with Crippen LogP contribution in [0.25, 0.3) is 0 Å². The van der Waals surface area contributed by atoms with E-state index in [9.17, 15) is 5.11 Å². The molecule has 0 bridgehead atoms. The van der Waals surface area contributed by atoms with Gasteiger partial charge in [0.1, 0.15) is 5.75 Å². The van der Waals surface area contributed by atoms with Crippen LogP contribution in [0.3, 0.4) is 0 Å². The number of anilines is 1. The summed E-state index contributed by atoms with van der Waals surface area (Å²) in [5.74, 6) is 0.810. The fourth-order valence-corrected chi connectivity index (χ4v) is 2.19. The molecule has 106 valence electrons. The van der Waals surface area contributed by atoms with E-state index >= 15 is 0 Å². The Bertz CT molecular complexity index is 560. The highest BCUT2D eigenvalue weighted by Gasteiger charge is 2.10. The van der Waals surface area contributed by atoms with Crippen molar-refractivity contribution < 1.29 is 9.84 Å². The Kier molecular flexibility index (Phi) is 5.27. The van der Waals surface area contributed by atoms with Gasteiger partial charge in [-0.25, -0.2) is 0 Å². The molecule has 2 aromatic carbocycles. The zero-order chi connectivity index (χ0) is 14.4. The quantitative estimate of drug-likeness (QED) is 0.848. The first-order chi connectivity index (χ1) is 9.70. The smallest absolute Gasteiger partial charge is 0.121 e. The second-order valence-electron chi connectivity index (χ2n) is 4.38. The molecule has 2 aromatic rings.